The highest BCUT2D eigenvalue weighted by atomic mass is 32.1. The molecule has 0 bridgehead atoms. The standard InChI is InChI=1S/C37H33FN4OS/c38-32-22-13-23-33-34(32)40-36(44-33)42(35(43)27-14-5-1-6-15-27)25-31-24-41(26-39-31)37(28-16-7-2-8-17-28,29-18-9-3-10-19-29)30-20-11-4-12-21-30/h2-4,7-13,16-24,26-27H,1,5-6,14-15,25H2. The third-order valence-electron chi connectivity index (χ3n) is 8.73. The van der Waals surface area contributed by atoms with Gasteiger partial charge in [-0.25, -0.2) is 14.4 Å². The SMILES string of the molecule is O=C(C1CCCCC1)N(Cc1cn(C(c2ccccc2)(c2ccccc2)c2ccccc2)cn1)c1nc2c(F)cccc2s1. The fourth-order valence-corrected chi connectivity index (χ4v) is 7.59. The molecule has 0 unspecified atom stereocenters. The Hall–Kier alpha value is -4.62. The molecule has 0 saturated heterocycles. The number of hydrogen-bond donors (Lipinski definition) is 0. The average molecular weight is 601 g/mol. The predicted molar refractivity (Wildman–Crippen MR) is 174 cm³/mol. The van der Waals surface area contributed by atoms with Crippen molar-refractivity contribution in [2.75, 3.05) is 4.90 Å². The first-order valence-corrected chi connectivity index (χ1v) is 16.0. The van der Waals surface area contributed by atoms with E-state index < -0.39 is 5.54 Å². The number of rotatable bonds is 8. The van der Waals surface area contributed by atoms with Gasteiger partial charge in [0.2, 0.25) is 5.91 Å². The number of amides is 1. The summed E-state index contributed by atoms with van der Waals surface area (Å²) in [6.45, 7) is 0.248. The van der Waals surface area contributed by atoms with Gasteiger partial charge in [-0.2, -0.15) is 0 Å². The topological polar surface area (TPSA) is 51.0 Å². The van der Waals surface area contributed by atoms with E-state index in [2.05, 4.69) is 82.3 Å². The smallest absolute Gasteiger partial charge is 0.232 e. The van der Waals surface area contributed by atoms with Crippen molar-refractivity contribution in [3.05, 3.63) is 150 Å². The van der Waals surface area contributed by atoms with Crippen molar-refractivity contribution in [3.8, 4) is 0 Å². The van der Waals surface area contributed by atoms with Gasteiger partial charge in [0.15, 0.2) is 5.13 Å². The molecule has 6 aromatic rings. The Morgan fingerprint density at radius 1 is 0.818 bits per heavy atom. The van der Waals surface area contributed by atoms with E-state index in [0.29, 0.717) is 10.6 Å². The summed E-state index contributed by atoms with van der Waals surface area (Å²) < 4.78 is 17.6. The molecule has 0 aliphatic heterocycles. The number of carbonyl (C=O) groups is 1. The van der Waals surface area contributed by atoms with Crippen LogP contribution in [0.3, 0.4) is 0 Å². The molecule has 5 nitrogen and oxygen atoms in total. The first-order chi connectivity index (χ1) is 21.6. The zero-order valence-corrected chi connectivity index (χ0v) is 25.2. The summed E-state index contributed by atoms with van der Waals surface area (Å²) in [6.07, 6.45) is 8.87. The molecular formula is C37H33FN4OS. The number of aromatic nitrogens is 3. The Bertz CT molecular complexity index is 1770. The van der Waals surface area contributed by atoms with Gasteiger partial charge >= 0.3 is 0 Å². The molecule has 2 heterocycles. The zero-order chi connectivity index (χ0) is 29.9. The largest absolute Gasteiger partial charge is 0.319 e. The number of carbonyl (C=O) groups excluding carboxylic acids is 1. The fourth-order valence-electron chi connectivity index (χ4n) is 6.60. The third-order valence-corrected chi connectivity index (χ3v) is 9.77. The van der Waals surface area contributed by atoms with Crippen molar-refractivity contribution in [1.29, 1.82) is 0 Å². The van der Waals surface area contributed by atoms with Crippen LogP contribution in [-0.4, -0.2) is 20.4 Å². The van der Waals surface area contributed by atoms with Crippen LogP contribution in [0.25, 0.3) is 10.2 Å². The predicted octanol–water partition coefficient (Wildman–Crippen LogP) is 8.59. The van der Waals surface area contributed by atoms with Crippen molar-refractivity contribution in [2.24, 2.45) is 5.92 Å². The monoisotopic (exact) mass is 600 g/mol. The minimum absolute atomic E-state index is 0.0409. The van der Waals surface area contributed by atoms with E-state index >= 15 is 0 Å². The highest BCUT2D eigenvalue weighted by Crippen LogP contribution is 2.41. The number of benzene rings is 4. The Morgan fingerprint density at radius 3 is 1.98 bits per heavy atom. The maximum Gasteiger partial charge on any atom is 0.232 e. The van der Waals surface area contributed by atoms with E-state index in [4.69, 9.17) is 4.98 Å². The van der Waals surface area contributed by atoms with Crippen LogP contribution in [-0.2, 0) is 16.9 Å². The van der Waals surface area contributed by atoms with Gasteiger partial charge in [0, 0.05) is 12.1 Å². The molecule has 7 heteroatoms. The van der Waals surface area contributed by atoms with E-state index in [1.54, 1.807) is 11.0 Å². The van der Waals surface area contributed by atoms with Crippen LogP contribution >= 0.6 is 11.3 Å². The second-order valence-electron chi connectivity index (χ2n) is 11.4. The molecule has 44 heavy (non-hydrogen) atoms. The summed E-state index contributed by atoms with van der Waals surface area (Å²) in [6, 6.07) is 36.3. The first-order valence-electron chi connectivity index (χ1n) is 15.2. The van der Waals surface area contributed by atoms with Crippen molar-refractivity contribution in [2.45, 2.75) is 44.2 Å². The number of thiazole rings is 1. The molecule has 220 valence electrons. The normalized spacial score (nSPS) is 14.1. The van der Waals surface area contributed by atoms with Crippen molar-refractivity contribution < 1.29 is 9.18 Å². The van der Waals surface area contributed by atoms with Gasteiger partial charge < -0.3 is 4.57 Å². The van der Waals surface area contributed by atoms with E-state index in [0.717, 1.165) is 59.2 Å². The number of anilines is 1. The van der Waals surface area contributed by atoms with Crippen LogP contribution < -0.4 is 4.90 Å². The van der Waals surface area contributed by atoms with Crippen LogP contribution in [0.2, 0.25) is 0 Å². The lowest BCUT2D eigenvalue weighted by atomic mass is 9.77. The molecule has 1 amide bonds. The maximum atomic E-state index is 14.7. The van der Waals surface area contributed by atoms with E-state index in [1.165, 1.54) is 17.4 Å². The molecule has 1 aliphatic rings. The average Bonchev–Trinajstić information content (AvgIpc) is 3.74. The molecule has 0 N–H and O–H groups in total. The number of fused-ring (bicyclic) bond motifs is 1. The molecule has 0 spiro atoms. The number of hydrogen-bond acceptors (Lipinski definition) is 4. The molecule has 1 aliphatic carbocycles. The quantitative estimate of drug-likeness (QED) is 0.164. The Balaban J connectivity index is 1.35. The Morgan fingerprint density at radius 2 is 1.41 bits per heavy atom. The number of imidazole rings is 1. The van der Waals surface area contributed by atoms with Gasteiger partial charge in [-0.3, -0.25) is 9.69 Å². The summed E-state index contributed by atoms with van der Waals surface area (Å²) in [5, 5.41) is 0.510. The lowest BCUT2D eigenvalue weighted by Gasteiger charge is -2.37. The maximum absolute atomic E-state index is 14.7. The summed E-state index contributed by atoms with van der Waals surface area (Å²) in [7, 11) is 0. The van der Waals surface area contributed by atoms with Gasteiger partial charge in [0.05, 0.1) is 23.3 Å². The van der Waals surface area contributed by atoms with Gasteiger partial charge in [0.1, 0.15) is 16.9 Å². The van der Waals surface area contributed by atoms with E-state index in [1.807, 2.05) is 36.8 Å². The lowest BCUT2D eigenvalue weighted by Crippen LogP contribution is -2.37. The summed E-state index contributed by atoms with van der Waals surface area (Å²) in [5.74, 6) is -0.406. The minimum atomic E-state index is -0.702. The van der Waals surface area contributed by atoms with Gasteiger partial charge in [-0.15, -0.1) is 0 Å². The second kappa shape index (κ2) is 12.2. The molecule has 2 aromatic heterocycles. The number of para-hydroxylation sites is 1. The summed E-state index contributed by atoms with van der Waals surface area (Å²) in [4.78, 5) is 25.4. The van der Waals surface area contributed by atoms with Crippen LogP contribution in [0.15, 0.2) is 122 Å². The molecule has 1 saturated carbocycles. The summed E-state index contributed by atoms with van der Waals surface area (Å²) >= 11 is 1.35. The van der Waals surface area contributed by atoms with Crippen LogP contribution in [0.1, 0.15) is 54.5 Å². The highest BCUT2D eigenvalue weighted by molar-refractivity contribution is 7.22. The van der Waals surface area contributed by atoms with Crippen LogP contribution in [0.4, 0.5) is 9.52 Å². The van der Waals surface area contributed by atoms with Crippen LogP contribution in [0.5, 0.6) is 0 Å². The van der Waals surface area contributed by atoms with Crippen molar-refractivity contribution in [3.63, 3.8) is 0 Å². The number of nitrogens with zero attached hydrogens (tertiary/aromatic N) is 4. The molecule has 1 fully saturated rings. The Labute approximate surface area is 260 Å². The lowest BCUT2D eigenvalue weighted by molar-refractivity contribution is -0.123. The molecule has 0 radical (unpaired) electrons. The third kappa shape index (κ3) is 5.11. The second-order valence-corrected chi connectivity index (χ2v) is 12.4. The van der Waals surface area contributed by atoms with E-state index in [-0.39, 0.29) is 24.2 Å². The minimum Gasteiger partial charge on any atom is -0.319 e. The van der Waals surface area contributed by atoms with E-state index in [9.17, 15) is 9.18 Å². The highest BCUT2D eigenvalue weighted by Gasteiger charge is 2.39. The first kappa shape index (κ1) is 28.2. The molecule has 7 rings (SSSR count). The summed E-state index contributed by atoms with van der Waals surface area (Å²) in [5.41, 5.74) is 3.62. The van der Waals surface area contributed by atoms with Gasteiger partial charge in [0.25, 0.3) is 0 Å². The molecule has 4 aromatic carbocycles. The van der Waals surface area contributed by atoms with Crippen molar-refractivity contribution >= 4 is 32.6 Å². The van der Waals surface area contributed by atoms with Gasteiger partial charge in [-0.05, 0) is 41.7 Å². The molecule has 0 atom stereocenters. The Kier molecular flexibility index (Phi) is 7.79. The van der Waals surface area contributed by atoms with Crippen molar-refractivity contribution in [1.82, 2.24) is 14.5 Å². The van der Waals surface area contributed by atoms with Gasteiger partial charge in [-0.1, -0.05) is 128 Å². The zero-order valence-electron chi connectivity index (χ0n) is 24.4. The number of halogens is 1. The van der Waals surface area contributed by atoms with Crippen LogP contribution in [0, 0.1) is 11.7 Å². The fraction of sp³-hybridized carbons (Fsp3) is 0.216. The molecular weight excluding hydrogens is 567 g/mol.